The third-order valence-electron chi connectivity index (χ3n) is 1.60. The zero-order valence-electron chi connectivity index (χ0n) is 9.64. The summed E-state index contributed by atoms with van der Waals surface area (Å²) in [6.45, 7) is 9.62. The van der Waals surface area contributed by atoms with Gasteiger partial charge in [0, 0.05) is 7.47 Å². The van der Waals surface area contributed by atoms with Gasteiger partial charge in [-0.25, -0.2) is 0 Å². The molecule has 80 valence electrons. The van der Waals surface area contributed by atoms with Crippen molar-refractivity contribution in [2.75, 3.05) is 7.05 Å². The molecule has 0 saturated heterocycles. The predicted octanol–water partition coefficient (Wildman–Crippen LogP) is 3.78. The Balaban J connectivity index is -0.000000267. The van der Waals surface area contributed by atoms with Crippen LogP contribution in [0.5, 0.6) is 0 Å². The van der Waals surface area contributed by atoms with Crippen molar-refractivity contribution in [1.82, 2.24) is 5.32 Å². The van der Waals surface area contributed by atoms with Gasteiger partial charge in [0.1, 0.15) is 0 Å². The first kappa shape index (κ1) is 14.9. The Morgan fingerprint density at radius 2 is 2.08 bits per heavy atom. The van der Waals surface area contributed by atoms with Crippen LogP contribution in [0.25, 0.3) is 0 Å². The summed E-state index contributed by atoms with van der Waals surface area (Å²) in [7, 11) is 1.98. The second-order valence-corrected chi connectivity index (χ2v) is 3.06. The molecule has 0 aromatic heterocycles. The van der Waals surface area contributed by atoms with Crippen LogP contribution in [0.4, 0.5) is 0 Å². The minimum Gasteiger partial charge on any atom is -0.314 e. The van der Waals surface area contributed by atoms with Crippen molar-refractivity contribution < 1.29 is 1.43 Å². The van der Waals surface area contributed by atoms with Gasteiger partial charge in [-0.15, -0.1) is 6.58 Å². The van der Waals surface area contributed by atoms with E-state index in [1.807, 2.05) is 14.0 Å². The lowest BCUT2D eigenvalue weighted by atomic mass is 10.2. The van der Waals surface area contributed by atoms with Crippen LogP contribution in [0.3, 0.4) is 0 Å². The Morgan fingerprint density at radius 1 is 1.54 bits per heavy atom. The maximum absolute atomic E-state index is 3.36. The average Bonchev–Trinajstić information content (AvgIpc) is 2.13. The zero-order valence-corrected chi connectivity index (χ0v) is 9.64. The van der Waals surface area contributed by atoms with E-state index >= 15 is 0 Å². The molecule has 0 aliphatic heterocycles. The maximum atomic E-state index is 3.36. The number of nitrogens with one attached hydrogen (secondary N) is 1. The molecule has 0 aliphatic carbocycles. The largest absolute Gasteiger partial charge is 0.314 e. The normalized spacial score (nSPS) is 12.0. The molecule has 0 aromatic rings. The van der Waals surface area contributed by atoms with Gasteiger partial charge in [-0.05, 0) is 27.3 Å². The Hall–Kier alpha value is -0.560. The van der Waals surface area contributed by atoms with E-state index in [1.54, 1.807) is 6.08 Å². The summed E-state index contributed by atoms with van der Waals surface area (Å²) >= 11 is 0. The van der Waals surface area contributed by atoms with E-state index in [-0.39, 0.29) is 1.43 Å². The Morgan fingerprint density at radius 3 is 2.46 bits per heavy atom. The standard InChI is InChI=1S/C9H19N.C3H6.H2/c1-4-5-6-7-8-9(2)10-3;1-3-2;/h7-10H,4-6H2,1-3H3;3H,1H2,2H3;1H/b8-7+;;/t9-;;/m0../s1. The lowest BCUT2D eigenvalue weighted by Crippen LogP contribution is -2.17. The Labute approximate surface area is 85.4 Å². The molecule has 0 aromatic carbocycles. The molecule has 0 radical (unpaired) electrons. The number of hydrogen-bond acceptors (Lipinski definition) is 1. The van der Waals surface area contributed by atoms with Crippen molar-refractivity contribution >= 4 is 0 Å². The second kappa shape index (κ2) is 14.0. The SMILES string of the molecule is C=CC.CCCC/C=C/[C@H](C)NC.[HH]. The van der Waals surface area contributed by atoms with Crippen molar-refractivity contribution in [3.8, 4) is 0 Å². The summed E-state index contributed by atoms with van der Waals surface area (Å²) in [5.74, 6) is 0. The van der Waals surface area contributed by atoms with Crippen molar-refractivity contribution in [3.05, 3.63) is 24.8 Å². The van der Waals surface area contributed by atoms with Gasteiger partial charge in [-0.1, -0.05) is 38.0 Å². The topological polar surface area (TPSA) is 12.0 Å². The molecule has 0 amide bonds. The first-order chi connectivity index (χ1) is 6.22. The van der Waals surface area contributed by atoms with Gasteiger partial charge >= 0.3 is 0 Å². The lowest BCUT2D eigenvalue weighted by Gasteiger charge is -2.01. The highest BCUT2D eigenvalue weighted by Crippen LogP contribution is 1.95. The van der Waals surface area contributed by atoms with Crippen LogP contribution in [0.15, 0.2) is 24.8 Å². The highest BCUT2D eigenvalue weighted by Gasteiger charge is 1.86. The fourth-order valence-corrected chi connectivity index (χ4v) is 0.719. The van der Waals surface area contributed by atoms with Crippen LogP contribution in [-0.4, -0.2) is 13.1 Å². The van der Waals surface area contributed by atoms with E-state index in [0.29, 0.717) is 6.04 Å². The fourth-order valence-electron chi connectivity index (χ4n) is 0.719. The van der Waals surface area contributed by atoms with Crippen LogP contribution < -0.4 is 5.32 Å². The summed E-state index contributed by atoms with van der Waals surface area (Å²) < 4.78 is 0. The zero-order chi connectivity index (χ0) is 10.5. The molecular formula is C12H27N. The third-order valence-corrected chi connectivity index (χ3v) is 1.60. The molecule has 0 saturated carbocycles. The van der Waals surface area contributed by atoms with Crippen LogP contribution in [0, 0.1) is 0 Å². The summed E-state index contributed by atoms with van der Waals surface area (Å²) in [6, 6.07) is 0.525. The summed E-state index contributed by atoms with van der Waals surface area (Å²) in [5.41, 5.74) is 0. The molecule has 13 heavy (non-hydrogen) atoms. The van der Waals surface area contributed by atoms with E-state index in [4.69, 9.17) is 0 Å². The highest BCUT2D eigenvalue weighted by molar-refractivity contribution is 4.89. The predicted molar refractivity (Wildman–Crippen MR) is 65.2 cm³/mol. The molecular weight excluding hydrogens is 158 g/mol. The molecule has 0 spiro atoms. The molecule has 1 N–H and O–H groups in total. The van der Waals surface area contributed by atoms with Crippen LogP contribution in [0.2, 0.25) is 0 Å². The molecule has 0 aliphatic rings. The van der Waals surface area contributed by atoms with Crippen LogP contribution >= 0.6 is 0 Å². The van der Waals surface area contributed by atoms with E-state index in [9.17, 15) is 0 Å². The average molecular weight is 185 g/mol. The number of likely N-dealkylation sites (N-methyl/N-ethyl adjacent to an activating group) is 1. The maximum Gasteiger partial charge on any atom is 0.0218 e. The minimum atomic E-state index is 0. The first-order valence-corrected chi connectivity index (χ1v) is 5.13. The molecule has 1 heteroatoms. The highest BCUT2D eigenvalue weighted by atomic mass is 14.8. The number of allylic oxidation sites excluding steroid dienone is 2. The summed E-state index contributed by atoms with van der Waals surface area (Å²) in [5, 5.41) is 3.16. The quantitative estimate of drug-likeness (QED) is 0.508. The third kappa shape index (κ3) is 18.4. The summed E-state index contributed by atoms with van der Waals surface area (Å²) in [6.07, 6.45) is 10.0. The van der Waals surface area contributed by atoms with Crippen LogP contribution in [-0.2, 0) is 0 Å². The van der Waals surface area contributed by atoms with Gasteiger partial charge in [-0.2, -0.15) is 0 Å². The second-order valence-electron chi connectivity index (χ2n) is 3.06. The Kier molecular flexibility index (Phi) is 16.1. The molecule has 0 heterocycles. The monoisotopic (exact) mass is 185 g/mol. The van der Waals surface area contributed by atoms with Gasteiger partial charge in [0.15, 0.2) is 0 Å². The lowest BCUT2D eigenvalue weighted by molar-refractivity contribution is 0.721. The molecule has 0 unspecified atom stereocenters. The van der Waals surface area contributed by atoms with Crippen molar-refractivity contribution in [1.29, 1.82) is 0 Å². The number of unbranched alkanes of at least 4 members (excludes halogenated alkanes) is 2. The van der Waals surface area contributed by atoms with E-state index in [0.717, 1.165) is 0 Å². The van der Waals surface area contributed by atoms with Crippen LogP contribution in [0.1, 0.15) is 41.5 Å². The van der Waals surface area contributed by atoms with E-state index in [2.05, 4.69) is 37.9 Å². The minimum absolute atomic E-state index is 0. The van der Waals surface area contributed by atoms with Gasteiger partial charge in [0.05, 0.1) is 0 Å². The van der Waals surface area contributed by atoms with E-state index in [1.165, 1.54) is 19.3 Å². The van der Waals surface area contributed by atoms with E-state index < -0.39 is 0 Å². The smallest absolute Gasteiger partial charge is 0.0218 e. The first-order valence-electron chi connectivity index (χ1n) is 5.13. The number of hydrogen-bond donors (Lipinski definition) is 1. The molecule has 1 atom stereocenters. The van der Waals surface area contributed by atoms with Crippen molar-refractivity contribution in [2.45, 2.75) is 46.1 Å². The molecule has 1 nitrogen and oxygen atoms in total. The Bertz CT molecular complexity index is 121. The fraction of sp³-hybridized carbons (Fsp3) is 0.667. The van der Waals surface area contributed by atoms with Gasteiger partial charge in [0.25, 0.3) is 0 Å². The van der Waals surface area contributed by atoms with Gasteiger partial charge in [0.2, 0.25) is 0 Å². The van der Waals surface area contributed by atoms with Gasteiger partial charge in [-0.3, -0.25) is 0 Å². The summed E-state index contributed by atoms with van der Waals surface area (Å²) in [4.78, 5) is 0. The van der Waals surface area contributed by atoms with Crippen molar-refractivity contribution in [2.24, 2.45) is 0 Å². The number of rotatable bonds is 5. The molecule has 0 fully saturated rings. The van der Waals surface area contributed by atoms with Crippen molar-refractivity contribution in [3.63, 3.8) is 0 Å². The molecule has 0 rings (SSSR count). The van der Waals surface area contributed by atoms with Gasteiger partial charge < -0.3 is 5.32 Å². The molecule has 0 bridgehead atoms.